The number of hydrogen-bond acceptors (Lipinski definition) is 24. The Morgan fingerprint density at radius 2 is 0.439 bits per heavy atom. The average molecular weight is 2070 g/mol. The first-order chi connectivity index (χ1) is 67.7. The minimum absolute atomic E-state index is 0. The summed E-state index contributed by atoms with van der Waals surface area (Å²) >= 11 is 0. The maximum Gasteiger partial charge on any atom is 0.174 e. The first kappa shape index (κ1) is 108. The number of benzene rings is 2. The Labute approximate surface area is 886 Å². The summed E-state index contributed by atoms with van der Waals surface area (Å²) in [5.41, 5.74) is -1.98. The van der Waals surface area contributed by atoms with Crippen LogP contribution in [-0.2, 0) is 117 Å². The Morgan fingerprint density at radius 3 is 0.655 bits per heavy atom. The van der Waals surface area contributed by atoms with Crippen LogP contribution in [-0.4, -0.2) is 230 Å². The molecule has 0 aromatic heterocycles. The molecular weight excluding hydrogens is 1870 g/mol. The van der Waals surface area contributed by atoms with Crippen molar-refractivity contribution >= 4 is 0 Å². The lowest BCUT2D eigenvalue weighted by molar-refractivity contribution is -0.309. The van der Waals surface area contributed by atoms with E-state index in [-0.39, 0.29) is 165 Å². The van der Waals surface area contributed by atoms with Gasteiger partial charge in [-0.15, -0.1) is 0 Å². The summed E-state index contributed by atoms with van der Waals surface area (Å²) < 4.78 is 128. The van der Waals surface area contributed by atoms with E-state index >= 15 is 0 Å². The van der Waals surface area contributed by atoms with Crippen molar-refractivity contribution in [3.05, 3.63) is 70.8 Å². The van der Waals surface area contributed by atoms with Gasteiger partial charge in [0.25, 0.3) is 0 Å². The van der Waals surface area contributed by atoms with Crippen molar-refractivity contribution in [2.24, 2.45) is 125 Å². The van der Waals surface area contributed by atoms with Crippen molar-refractivity contribution in [2.75, 3.05) is 106 Å². The molecule has 32 atom stereocenters. The summed E-state index contributed by atoms with van der Waals surface area (Å²) in [5, 5.41) is 52.6. The molecule has 2 aromatic rings. The Balaban J connectivity index is 0.000000108. The standard InChI is InChI=1S/2C33H46O6.2C27H42O6.4CH4/c2*1-27(2,3)21-6-8-22(9-7-21)31(34)19-29(5)24(10-11-33(29)37-16-17-38-33)23-18-25-32(39-25)20-30(35-14-15-36-30)13-12-28(32,4)26(23)31;2*1-21(2,3)25(28)15-23(5)18(6-7-27(23)31-12-13-32-27)17-14-19-26(33-19)16-24(29-10-11-30-24)9-8-22(26,4)20(17)25;;;;/h2*6-9,23-26,34H,10-20H2,1-5H3;2*17-20,28H,6-16H2,1-5H3;4*1H4/t23-,24-,25+,26-,28+,29-,31+,32+;23-,24-,25-,26-,28+,29-,31+,32-;17-,18-,19+,20-,22+,23-,25-,26+;17-,18-,19-,20-,22+,23-,25-,26-;;;;/m0000..../s1. The van der Waals surface area contributed by atoms with E-state index in [4.69, 9.17) is 94.7 Å². The Hall–Kier alpha value is -2.52. The van der Waals surface area contributed by atoms with Gasteiger partial charge < -0.3 is 115 Å². The molecule has 2 aromatic carbocycles. The zero-order valence-electron chi connectivity index (χ0n) is 90.9. The van der Waals surface area contributed by atoms with Crippen molar-refractivity contribution in [1.82, 2.24) is 0 Å². The molecule has 148 heavy (non-hydrogen) atoms. The van der Waals surface area contributed by atoms with Crippen molar-refractivity contribution in [1.29, 1.82) is 0 Å². The van der Waals surface area contributed by atoms with Crippen molar-refractivity contribution in [3.63, 3.8) is 0 Å². The fourth-order valence-electron chi connectivity index (χ4n) is 42.7. The topological polar surface area (TPSA) is 279 Å². The molecule has 12 aliphatic heterocycles. The van der Waals surface area contributed by atoms with Crippen LogP contribution in [0.15, 0.2) is 48.5 Å². The quantitative estimate of drug-likeness (QED) is 0.203. The fourth-order valence-corrected chi connectivity index (χ4v) is 42.7. The molecule has 16 aliphatic carbocycles. The predicted molar refractivity (Wildman–Crippen MR) is 557 cm³/mol. The third-order valence-electron chi connectivity index (χ3n) is 49.7. The van der Waals surface area contributed by atoms with Gasteiger partial charge in [-0.05, 0) is 206 Å². The molecule has 0 unspecified atom stereocenters. The summed E-state index contributed by atoms with van der Waals surface area (Å²) in [5.74, 6) is -0.399. The van der Waals surface area contributed by atoms with Crippen LogP contribution < -0.4 is 0 Å². The second-order valence-electron chi connectivity index (χ2n) is 58.9. The van der Waals surface area contributed by atoms with Gasteiger partial charge >= 0.3 is 0 Å². The predicted octanol–water partition coefficient (Wildman–Crippen LogP) is 21.5. The monoisotopic (exact) mass is 2070 g/mol. The molecule has 832 valence electrons. The van der Waals surface area contributed by atoms with Crippen molar-refractivity contribution in [3.8, 4) is 0 Å². The van der Waals surface area contributed by atoms with E-state index in [1.165, 1.54) is 11.1 Å². The first-order valence-electron chi connectivity index (χ1n) is 57.8. The van der Waals surface area contributed by atoms with E-state index < -0.39 is 68.7 Å². The normalized spacial score (nSPS) is 50.7. The van der Waals surface area contributed by atoms with Gasteiger partial charge in [0.05, 0.1) is 153 Å². The highest BCUT2D eigenvalue weighted by atomic mass is 16.8. The molecule has 0 radical (unpaired) electrons. The molecule has 12 saturated heterocycles. The number of epoxide rings is 4. The highest BCUT2D eigenvalue weighted by molar-refractivity contribution is 5.42. The highest BCUT2D eigenvalue weighted by Gasteiger charge is 2.90. The van der Waals surface area contributed by atoms with Crippen molar-refractivity contribution in [2.45, 2.75) is 474 Å². The second kappa shape index (κ2) is 33.6. The molecule has 4 N–H and O–H groups in total. The lowest BCUT2D eigenvalue weighted by Gasteiger charge is -2.68. The van der Waals surface area contributed by atoms with Crippen LogP contribution >= 0.6 is 0 Å². The Kier molecular flexibility index (Phi) is 24.6. The number of rotatable bonds is 2. The van der Waals surface area contributed by atoms with Gasteiger partial charge in [-0.25, -0.2) is 0 Å². The van der Waals surface area contributed by atoms with Crippen LogP contribution in [0, 0.1) is 125 Å². The van der Waals surface area contributed by atoms with Crippen LogP contribution in [0.2, 0.25) is 0 Å². The van der Waals surface area contributed by atoms with E-state index in [2.05, 4.69) is 187 Å². The van der Waals surface area contributed by atoms with E-state index in [1.807, 2.05) is 0 Å². The summed E-state index contributed by atoms with van der Waals surface area (Å²) in [7, 11) is 0. The molecule has 12 heterocycles. The van der Waals surface area contributed by atoms with E-state index in [0.717, 1.165) is 178 Å². The lowest BCUT2D eigenvalue weighted by atomic mass is 9.38. The molecule has 16 saturated carbocycles. The number of ether oxygens (including phenoxy) is 20. The number of aliphatic hydroxyl groups is 4. The zero-order valence-corrected chi connectivity index (χ0v) is 90.9. The third kappa shape index (κ3) is 13.8. The van der Waals surface area contributed by atoms with Gasteiger partial charge in [-0.3, -0.25) is 0 Å². The van der Waals surface area contributed by atoms with Gasteiger partial charge in [-0.1, -0.05) is 217 Å². The average Bonchev–Trinajstić information content (AvgIpc) is 1.49. The van der Waals surface area contributed by atoms with Gasteiger partial charge in [0.15, 0.2) is 46.3 Å². The van der Waals surface area contributed by atoms with Crippen LogP contribution in [0.5, 0.6) is 0 Å². The minimum atomic E-state index is -1.01. The van der Waals surface area contributed by atoms with Gasteiger partial charge in [0.2, 0.25) is 0 Å². The minimum Gasteiger partial charge on any atom is -0.389 e. The largest absolute Gasteiger partial charge is 0.389 e. The molecule has 28 aliphatic rings. The molecule has 24 heteroatoms. The molecule has 24 nitrogen and oxygen atoms in total. The molecule has 28 fully saturated rings. The van der Waals surface area contributed by atoms with Gasteiger partial charge in [-0.2, -0.15) is 0 Å². The number of hydrogen-bond donors (Lipinski definition) is 4. The van der Waals surface area contributed by atoms with Gasteiger partial charge in [0, 0.05) is 132 Å². The Bertz CT molecular complexity index is 5000. The number of fused-ring (bicyclic) bond motifs is 20. The third-order valence-corrected chi connectivity index (χ3v) is 49.7. The van der Waals surface area contributed by atoms with Crippen molar-refractivity contribution < 1.29 is 115 Å². The first-order valence-corrected chi connectivity index (χ1v) is 57.8. The molecular formula is C124H192O24. The summed E-state index contributed by atoms with van der Waals surface area (Å²) in [6.45, 7) is 56.6. The maximum absolute atomic E-state index is 13.4. The van der Waals surface area contributed by atoms with E-state index in [0.29, 0.717) is 166 Å². The zero-order chi connectivity index (χ0) is 100. The fraction of sp³-hybridized carbons (Fsp3) is 0.903. The van der Waals surface area contributed by atoms with Crippen LogP contribution in [0.4, 0.5) is 0 Å². The van der Waals surface area contributed by atoms with E-state index in [9.17, 15) is 20.4 Å². The maximum atomic E-state index is 13.4. The molecule has 30 rings (SSSR count). The lowest BCUT2D eigenvalue weighted by Crippen LogP contribution is -2.72. The highest BCUT2D eigenvalue weighted by Crippen LogP contribution is 2.86. The smallest absolute Gasteiger partial charge is 0.174 e. The van der Waals surface area contributed by atoms with E-state index in [1.54, 1.807) is 0 Å². The SMILES string of the molecule is C.C.C.C.CC(C)(C)[C@]1(O)C[C@@]2(C)[C@@H](CCC23OCCO3)[C@@H]2C[C@@H]3O[C@@]34CC3(CC[C@]4(C)[C@H]21)OCCO3.CC(C)(C)[C@]1(O)C[C@@]2(C)[C@@H](CCC23OCCO3)[C@@H]2C[C@H]3O[C@]34CC3(CC[C@]4(C)[C@H]21)OCCO3.CC(C)(C)c1ccc([C@]2(O)C[C@@]3(C)[C@@H](CCC34OCCO4)[C@@H]3C[C@@H]4O[C@@]45CC4(CC[C@]5(C)[C@H]32)OCCO4)cc1.CC(C)(C)c1ccc([C@]2(O)C[C@@]3(C)[C@@H](CCC34OCCO4)[C@@H]3C[C@H]4O[C@]45CC4(CC[C@]5(C)[C@H]32)OCCO4)cc1. The molecule has 0 bridgehead atoms. The summed E-state index contributed by atoms with van der Waals surface area (Å²) in [4.78, 5) is 0. The summed E-state index contributed by atoms with van der Waals surface area (Å²) in [6.07, 6.45) is 26.2. The molecule has 0 amide bonds. The van der Waals surface area contributed by atoms with Gasteiger partial charge in [0.1, 0.15) is 22.4 Å². The van der Waals surface area contributed by atoms with Crippen LogP contribution in [0.1, 0.15) is 370 Å². The second-order valence-corrected chi connectivity index (χ2v) is 58.9. The summed E-state index contributed by atoms with van der Waals surface area (Å²) in [6, 6.07) is 17.8. The van der Waals surface area contributed by atoms with Crippen LogP contribution in [0.3, 0.4) is 0 Å². The molecule has 12 spiro atoms. The van der Waals surface area contributed by atoms with Crippen LogP contribution in [0.25, 0.3) is 0 Å². The Morgan fingerprint density at radius 1 is 0.236 bits per heavy atom.